The number of nitrogens with one attached hydrogen (secondary N) is 2. The highest BCUT2D eigenvalue weighted by Crippen LogP contribution is 2.12. The Labute approximate surface area is 168 Å². The first-order valence-electron chi connectivity index (χ1n) is 7.96. The summed E-state index contributed by atoms with van der Waals surface area (Å²) in [5.41, 5.74) is 1.13. The molecule has 2 aromatic rings. The van der Waals surface area contributed by atoms with Gasteiger partial charge in [0, 0.05) is 37.0 Å². The second kappa shape index (κ2) is 11.3. The third kappa shape index (κ3) is 7.23. The molecule has 0 aliphatic heterocycles. The number of benzene rings is 1. The van der Waals surface area contributed by atoms with Crippen LogP contribution >= 0.6 is 35.3 Å². The first-order chi connectivity index (χ1) is 11.6. The number of halogens is 3. The number of aryl methyl sites for hydroxylation is 1. The summed E-state index contributed by atoms with van der Waals surface area (Å²) < 4.78 is 27.2. The van der Waals surface area contributed by atoms with Crippen LogP contribution in [0.5, 0.6) is 0 Å². The predicted octanol–water partition coefficient (Wildman–Crippen LogP) is 3.69. The van der Waals surface area contributed by atoms with E-state index in [0.29, 0.717) is 19.0 Å². The number of rotatable bonds is 7. The average Bonchev–Trinajstić information content (AvgIpc) is 2.95. The van der Waals surface area contributed by atoms with E-state index in [1.807, 2.05) is 19.2 Å². The molecule has 0 saturated heterocycles. The quantitative estimate of drug-likeness (QED) is 0.361. The number of hydrogen-bond acceptors (Lipinski definition) is 3. The van der Waals surface area contributed by atoms with Gasteiger partial charge in [-0.15, -0.1) is 35.3 Å². The first-order valence-corrected chi connectivity index (χ1v) is 8.84. The summed E-state index contributed by atoms with van der Waals surface area (Å²) >= 11 is 1.63. The monoisotopic (exact) mass is 480 g/mol. The molecule has 0 atom stereocenters. The van der Waals surface area contributed by atoms with Gasteiger partial charge in [-0.05, 0) is 32.4 Å². The molecule has 0 spiro atoms. The molecule has 0 amide bonds. The molecule has 2 N–H and O–H groups in total. The average molecular weight is 480 g/mol. The van der Waals surface area contributed by atoms with Gasteiger partial charge in [-0.2, -0.15) is 0 Å². The van der Waals surface area contributed by atoms with Crippen LogP contribution in [0.4, 0.5) is 8.78 Å². The van der Waals surface area contributed by atoms with E-state index < -0.39 is 11.6 Å². The summed E-state index contributed by atoms with van der Waals surface area (Å²) in [6.07, 6.45) is 1.02. The van der Waals surface area contributed by atoms with Gasteiger partial charge in [-0.3, -0.25) is 4.99 Å². The van der Waals surface area contributed by atoms with Gasteiger partial charge in [0.1, 0.15) is 11.6 Å². The van der Waals surface area contributed by atoms with Crippen LogP contribution in [0.25, 0.3) is 0 Å². The van der Waals surface area contributed by atoms with E-state index in [0.717, 1.165) is 23.7 Å². The number of aromatic nitrogens is 1. The topological polar surface area (TPSA) is 49.3 Å². The molecule has 0 fully saturated rings. The molecule has 8 heteroatoms. The summed E-state index contributed by atoms with van der Waals surface area (Å²) in [7, 11) is 0. The fraction of sp³-hybridized carbons (Fsp3) is 0.412. The Morgan fingerprint density at radius 1 is 1.20 bits per heavy atom. The van der Waals surface area contributed by atoms with E-state index in [-0.39, 0.29) is 36.0 Å². The van der Waals surface area contributed by atoms with Gasteiger partial charge in [-0.25, -0.2) is 13.8 Å². The van der Waals surface area contributed by atoms with Crippen molar-refractivity contribution in [1.29, 1.82) is 0 Å². The normalized spacial score (nSPS) is 11.1. The highest BCUT2D eigenvalue weighted by Gasteiger charge is 2.08. The third-order valence-corrected chi connectivity index (χ3v) is 4.20. The summed E-state index contributed by atoms with van der Waals surface area (Å²) in [5.74, 6) is -0.392. The van der Waals surface area contributed by atoms with Crippen molar-refractivity contribution in [2.75, 3.05) is 19.6 Å². The maximum Gasteiger partial charge on any atom is 0.191 e. The Morgan fingerprint density at radius 2 is 1.92 bits per heavy atom. The zero-order valence-corrected chi connectivity index (χ0v) is 17.5. The Hall–Kier alpha value is -1.29. The lowest BCUT2D eigenvalue weighted by Crippen LogP contribution is -2.38. The van der Waals surface area contributed by atoms with Crippen LogP contribution < -0.4 is 10.6 Å². The van der Waals surface area contributed by atoms with E-state index >= 15 is 0 Å². The molecule has 1 aromatic carbocycles. The Morgan fingerprint density at radius 3 is 2.52 bits per heavy atom. The SMILES string of the molecule is CCNC(=NCCc1csc(C)n1)NCCc1c(F)cccc1F.I. The van der Waals surface area contributed by atoms with Crippen molar-refractivity contribution >= 4 is 41.3 Å². The summed E-state index contributed by atoms with van der Waals surface area (Å²) in [6, 6.07) is 3.91. The fourth-order valence-corrected chi connectivity index (χ4v) is 2.87. The minimum Gasteiger partial charge on any atom is -0.357 e. The van der Waals surface area contributed by atoms with E-state index in [1.54, 1.807) is 11.3 Å². The molecule has 138 valence electrons. The molecule has 0 aliphatic rings. The minimum atomic E-state index is -0.516. The lowest BCUT2D eigenvalue weighted by molar-refractivity contribution is 0.553. The summed E-state index contributed by atoms with van der Waals surface area (Å²) in [6.45, 7) is 5.67. The second-order valence-electron chi connectivity index (χ2n) is 5.25. The van der Waals surface area contributed by atoms with Crippen LogP contribution in [-0.4, -0.2) is 30.6 Å². The van der Waals surface area contributed by atoms with Crippen LogP contribution in [0.15, 0.2) is 28.6 Å². The smallest absolute Gasteiger partial charge is 0.191 e. The van der Waals surface area contributed by atoms with Crippen LogP contribution in [0.2, 0.25) is 0 Å². The van der Waals surface area contributed by atoms with Gasteiger partial charge < -0.3 is 10.6 Å². The van der Waals surface area contributed by atoms with E-state index in [4.69, 9.17) is 0 Å². The van der Waals surface area contributed by atoms with Crippen LogP contribution in [0, 0.1) is 18.6 Å². The Bertz CT molecular complexity index is 671. The maximum absolute atomic E-state index is 13.6. The number of hydrogen-bond donors (Lipinski definition) is 2. The van der Waals surface area contributed by atoms with E-state index in [2.05, 4.69) is 20.6 Å². The third-order valence-electron chi connectivity index (χ3n) is 3.38. The van der Waals surface area contributed by atoms with Gasteiger partial charge in [0.05, 0.1) is 10.7 Å². The van der Waals surface area contributed by atoms with Gasteiger partial charge in [0.25, 0.3) is 0 Å². The molecule has 1 heterocycles. The lowest BCUT2D eigenvalue weighted by atomic mass is 10.1. The number of aliphatic imine (C=N–C) groups is 1. The first kappa shape index (κ1) is 21.8. The molecular formula is C17H23F2IN4S. The molecule has 4 nitrogen and oxygen atoms in total. The van der Waals surface area contributed by atoms with Gasteiger partial charge in [0.15, 0.2) is 5.96 Å². The largest absolute Gasteiger partial charge is 0.357 e. The molecule has 0 unspecified atom stereocenters. The molecule has 2 rings (SSSR count). The number of thiazole rings is 1. The zero-order chi connectivity index (χ0) is 17.4. The van der Waals surface area contributed by atoms with Crippen molar-refractivity contribution in [3.63, 3.8) is 0 Å². The van der Waals surface area contributed by atoms with Gasteiger partial charge in [-0.1, -0.05) is 6.07 Å². The van der Waals surface area contributed by atoms with Crippen molar-refractivity contribution in [3.05, 3.63) is 51.5 Å². The summed E-state index contributed by atoms with van der Waals surface area (Å²) in [5, 5.41) is 9.31. The van der Waals surface area contributed by atoms with Crippen molar-refractivity contribution in [3.8, 4) is 0 Å². The highest BCUT2D eigenvalue weighted by molar-refractivity contribution is 14.0. The predicted molar refractivity (Wildman–Crippen MR) is 110 cm³/mol. The van der Waals surface area contributed by atoms with Crippen LogP contribution in [0.3, 0.4) is 0 Å². The Balaban J connectivity index is 0.00000312. The molecule has 25 heavy (non-hydrogen) atoms. The summed E-state index contributed by atoms with van der Waals surface area (Å²) in [4.78, 5) is 8.87. The molecule has 1 aromatic heterocycles. The van der Waals surface area contributed by atoms with Crippen molar-refractivity contribution in [2.24, 2.45) is 4.99 Å². The lowest BCUT2D eigenvalue weighted by Gasteiger charge is -2.11. The number of guanidine groups is 1. The molecule has 0 bridgehead atoms. The molecule has 0 saturated carbocycles. The van der Waals surface area contributed by atoms with Crippen molar-refractivity contribution in [2.45, 2.75) is 26.7 Å². The van der Waals surface area contributed by atoms with Crippen LogP contribution in [0.1, 0.15) is 23.2 Å². The van der Waals surface area contributed by atoms with Crippen molar-refractivity contribution in [1.82, 2.24) is 15.6 Å². The second-order valence-corrected chi connectivity index (χ2v) is 6.31. The highest BCUT2D eigenvalue weighted by atomic mass is 127. The Kier molecular flexibility index (Phi) is 9.88. The standard InChI is InChI=1S/C17H22F2N4S.HI/c1-3-20-17(21-9-7-13-11-24-12(2)23-13)22-10-8-14-15(18)5-4-6-16(14)19;/h4-6,11H,3,7-10H2,1-2H3,(H2,20,21,22);1H. The van der Waals surface area contributed by atoms with E-state index in [1.165, 1.54) is 18.2 Å². The molecule has 0 aliphatic carbocycles. The minimum absolute atomic E-state index is 0. The molecule has 0 radical (unpaired) electrons. The van der Waals surface area contributed by atoms with Gasteiger partial charge in [0.2, 0.25) is 0 Å². The van der Waals surface area contributed by atoms with Crippen molar-refractivity contribution < 1.29 is 8.78 Å². The van der Waals surface area contributed by atoms with Gasteiger partial charge >= 0.3 is 0 Å². The molecular weight excluding hydrogens is 457 g/mol. The maximum atomic E-state index is 13.6. The fourth-order valence-electron chi connectivity index (χ4n) is 2.22. The van der Waals surface area contributed by atoms with Crippen LogP contribution in [-0.2, 0) is 12.8 Å². The number of nitrogens with zero attached hydrogens (tertiary/aromatic N) is 2. The zero-order valence-electron chi connectivity index (χ0n) is 14.3. The van der Waals surface area contributed by atoms with E-state index in [9.17, 15) is 8.78 Å².